The highest BCUT2D eigenvalue weighted by Crippen LogP contribution is 2.32. The minimum atomic E-state index is -0.362. The normalized spacial score (nSPS) is 12.0. The first kappa shape index (κ1) is 18.8. The number of aromatic nitrogens is 3. The van der Waals surface area contributed by atoms with E-state index in [2.05, 4.69) is 20.4 Å². The molecule has 8 nitrogen and oxygen atoms in total. The zero-order valence-corrected chi connectivity index (χ0v) is 16.2. The predicted octanol–water partition coefficient (Wildman–Crippen LogP) is 3.97. The van der Waals surface area contributed by atoms with Crippen LogP contribution in [0.2, 0.25) is 0 Å². The van der Waals surface area contributed by atoms with Crippen LogP contribution in [0.4, 0.5) is 0 Å². The Morgan fingerprint density at radius 3 is 2.56 bits per heavy atom. The predicted molar refractivity (Wildman–Crippen MR) is 99.9 cm³/mol. The van der Waals surface area contributed by atoms with Gasteiger partial charge >= 0.3 is 0 Å². The van der Waals surface area contributed by atoms with Gasteiger partial charge in [0, 0.05) is 6.92 Å². The Morgan fingerprint density at radius 2 is 1.89 bits per heavy atom. The number of amides is 1. The third kappa shape index (κ3) is 5.04. The number of rotatable bonds is 7. The van der Waals surface area contributed by atoms with Crippen molar-refractivity contribution < 1.29 is 18.8 Å². The molecular weight excluding hydrogens is 368 g/mol. The molecule has 3 aromatic rings. The molecule has 0 aliphatic carbocycles. The van der Waals surface area contributed by atoms with Gasteiger partial charge in [0.25, 0.3) is 5.19 Å². The van der Waals surface area contributed by atoms with E-state index in [0.717, 1.165) is 5.75 Å². The molecule has 0 bridgehead atoms. The van der Waals surface area contributed by atoms with Gasteiger partial charge in [-0.3, -0.25) is 4.79 Å². The molecule has 2 heterocycles. The first-order valence-corrected chi connectivity index (χ1v) is 9.24. The Hall–Kier alpha value is -2.94. The van der Waals surface area contributed by atoms with Gasteiger partial charge in [-0.2, -0.15) is 4.98 Å². The van der Waals surface area contributed by atoms with E-state index in [9.17, 15) is 4.79 Å². The molecule has 0 saturated carbocycles. The lowest BCUT2D eigenvalue weighted by atomic mass is 10.3. The van der Waals surface area contributed by atoms with E-state index in [1.54, 1.807) is 13.1 Å². The number of benzene rings is 1. The van der Waals surface area contributed by atoms with Crippen LogP contribution in [0, 0.1) is 0 Å². The van der Waals surface area contributed by atoms with Gasteiger partial charge in [0.2, 0.25) is 17.6 Å². The monoisotopic (exact) mass is 388 g/mol. The molecule has 1 aromatic carbocycles. The molecule has 0 aliphatic rings. The number of ether oxygens (including phenoxy) is 2. The van der Waals surface area contributed by atoms with E-state index in [1.165, 1.54) is 18.3 Å². The quantitative estimate of drug-likeness (QED) is 0.654. The minimum Gasteiger partial charge on any atom is -0.491 e. The van der Waals surface area contributed by atoms with Gasteiger partial charge in [-0.05, 0) is 45.0 Å². The maximum atomic E-state index is 11.1. The number of hydrogen-bond acceptors (Lipinski definition) is 8. The second-order valence-corrected chi connectivity index (χ2v) is 7.10. The van der Waals surface area contributed by atoms with Crippen LogP contribution >= 0.6 is 11.3 Å². The lowest BCUT2D eigenvalue weighted by Crippen LogP contribution is -2.23. The molecule has 27 heavy (non-hydrogen) atoms. The SMILES string of the molecule is CC(=O)NC(C)c1nc(-c2cnc(Oc3ccc(OC(C)C)cc3)s2)no1. The van der Waals surface area contributed by atoms with E-state index in [1.807, 2.05) is 38.1 Å². The highest BCUT2D eigenvalue weighted by Gasteiger charge is 2.18. The van der Waals surface area contributed by atoms with Crippen molar-refractivity contribution in [3.05, 3.63) is 36.4 Å². The lowest BCUT2D eigenvalue weighted by molar-refractivity contribution is -0.119. The lowest BCUT2D eigenvalue weighted by Gasteiger charge is -2.09. The fourth-order valence-corrected chi connectivity index (χ4v) is 2.96. The number of nitrogens with zero attached hydrogens (tertiary/aromatic N) is 3. The minimum absolute atomic E-state index is 0.117. The summed E-state index contributed by atoms with van der Waals surface area (Å²) in [7, 11) is 0. The zero-order chi connectivity index (χ0) is 19.4. The summed E-state index contributed by atoms with van der Waals surface area (Å²) >= 11 is 1.30. The fraction of sp³-hybridized carbons (Fsp3) is 0.333. The number of hydrogen-bond donors (Lipinski definition) is 1. The second-order valence-electron chi connectivity index (χ2n) is 6.11. The molecule has 0 fully saturated rings. The Balaban J connectivity index is 1.66. The van der Waals surface area contributed by atoms with Crippen molar-refractivity contribution >= 4 is 17.2 Å². The van der Waals surface area contributed by atoms with Gasteiger partial charge in [0.05, 0.1) is 17.2 Å². The number of thiazole rings is 1. The molecule has 142 valence electrons. The highest BCUT2D eigenvalue weighted by atomic mass is 32.1. The van der Waals surface area contributed by atoms with E-state index in [-0.39, 0.29) is 18.1 Å². The van der Waals surface area contributed by atoms with Crippen molar-refractivity contribution in [1.29, 1.82) is 0 Å². The van der Waals surface area contributed by atoms with Gasteiger partial charge < -0.3 is 19.3 Å². The topological polar surface area (TPSA) is 99.4 Å². The fourth-order valence-electron chi connectivity index (χ4n) is 2.25. The van der Waals surface area contributed by atoms with Crippen LogP contribution in [0.15, 0.2) is 35.0 Å². The first-order chi connectivity index (χ1) is 12.9. The molecular formula is C18H20N4O4S. The van der Waals surface area contributed by atoms with E-state index < -0.39 is 0 Å². The summed E-state index contributed by atoms with van der Waals surface area (Å²) in [6, 6.07) is 6.97. The van der Waals surface area contributed by atoms with Crippen molar-refractivity contribution in [3.63, 3.8) is 0 Å². The average molecular weight is 388 g/mol. The Labute approximate surface area is 160 Å². The van der Waals surface area contributed by atoms with Crippen LogP contribution < -0.4 is 14.8 Å². The van der Waals surface area contributed by atoms with Gasteiger partial charge in [-0.1, -0.05) is 16.5 Å². The summed E-state index contributed by atoms with van der Waals surface area (Å²) in [5.41, 5.74) is 0. The third-order valence-electron chi connectivity index (χ3n) is 3.34. The van der Waals surface area contributed by atoms with Crippen LogP contribution in [0.3, 0.4) is 0 Å². The van der Waals surface area contributed by atoms with Gasteiger partial charge in [-0.15, -0.1) is 0 Å². The molecule has 1 unspecified atom stereocenters. The molecule has 1 N–H and O–H groups in total. The van der Waals surface area contributed by atoms with Crippen LogP contribution in [0.1, 0.15) is 39.6 Å². The van der Waals surface area contributed by atoms with Crippen molar-refractivity contribution in [2.45, 2.75) is 39.8 Å². The van der Waals surface area contributed by atoms with Crippen LogP contribution in [-0.2, 0) is 4.79 Å². The highest BCUT2D eigenvalue weighted by molar-refractivity contribution is 7.16. The van der Waals surface area contributed by atoms with Gasteiger partial charge in [-0.25, -0.2) is 4.98 Å². The van der Waals surface area contributed by atoms with Crippen molar-refractivity contribution in [2.75, 3.05) is 0 Å². The van der Waals surface area contributed by atoms with E-state index >= 15 is 0 Å². The Kier molecular flexibility index (Phi) is 5.70. The number of carbonyl (C=O) groups is 1. The Bertz CT molecular complexity index is 904. The van der Waals surface area contributed by atoms with Gasteiger partial charge in [0.15, 0.2) is 0 Å². The summed E-state index contributed by atoms with van der Waals surface area (Å²) in [6.45, 7) is 7.15. The summed E-state index contributed by atoms with van der Waals surface area (Å²) in [6.07, 6.45) is 1.74. The molecule has 0 saturated heterocycles. The Morgan fingerprint density at radius 1 is 1.19 bits per heavy atom. The zero-order valence-electron chi connectivity index (χ0n) is 15.4. The smallest absolute Gasteiger partial charge is 0.279 e. The first-order valence-electron chi connectivity index (χ1n) is 8.42. The van der Waals surface area contributed by atoms with Gasteiger partial charge in [0.1, 0.15) is 17.5 Å². The maximum absolute atomic E-state index is 11.1. The molecule has 1 atom stereocenters. The summed E-state index contributed by atoms with van der Waals surface area (Å²) in [4.78, 5) is 20.4. The van der Waals surface area contributed by atoms with E-state index in [4.69, 9.17) is 14.0 Å². The van der Waals surface area contributed by atoms with Crippen LogP contribution in [-0.4, -0.2) is 27.1 Å². The molecule has 2 aromatic heterocycles. The molecule has 0 aliphatic heterocycles. The van der Waals surface area contributed by atoms with Crippen molar-refractivity contribution in [1.82, 2.24) is 20.4 Å². The standard InChI is InChI=1S/C18H20N4O4S/c1-10(2)24-13-5-7-14(8-6-13)25-18-19-9-15(27-18)16-21-17(26-22-16)11(3)20-12(4)23/h5-11H,1-4H3,(H,20,23). The van der Waals surface area contributed by atoms with Crippen LogP contribution in [0.5, 0.6) is 16.7 Å². The summed E-state index contributed by atoms with van der Waals surface area (Å²) < 4.78 is 16.6. The third-order valence-corrected chi connectivity index (χ3v) is 4.21. The largest absolute Gasteiger partial charge is 0.491 e. The summed E-state index contributed by atoms with van der Waals surface area (Å²) in [5.74, 6) is 2.00. The number of carbonyl (C=O) groups excluding carboxylic acids is 1. The summed E-state index contributed by atoms with van der Waals surface area (Å²) in [5, 5.41) is 7.09. The molecule has 9 heteroatoms. The molecule has 0 spiro atoms. The molecule has 0 radical (unpaired) electrons. The van der Waals surface area contributed by atoms with Crippen molar-refractivity contribution in [2.24, 2.45) is 0 Å². The second kappa shape index (κ2) is 8.17. The number of nitrogens with one attached hydrogen (secondary N) is 1. The van der Waals surface area contributed by atoms with E-state index in [0.29, 0.717) is 27.5 Å². The molecule has 1 amide bonds. The molecule has 3 rings (SSSR count). The maximum Gasteiger partial charge on any atom is 0.279 e. The average Bonchev–Trinajstić information content (AvgIpc) is 3.25. The van der Waals surface area contributed by atoms with Crippen LogP contribution in [0.25, 0.3) is 10.7 Å². The van der Waals surface area contributed by atoms with Crippen molar-refractivity contribution in [3.8, 4) is 27.4 Å².